The Hall–Kier alpha value is -0.870. The molecular formula is C11H18N2OS. The molecule has 1 aromatic heterocycles. The fourth-order valence-corrected chi connectivity index (χ4v) is 2.08. The van der Waals surface area contributed by atoms with E-state index in [2.05, 4.69) is 10.6 Å². The van der Waals surface area contributed by atoms with Crippen molar-refractivity contribution >= 4 is 17.2 Å². The summed E-state index contributed by atoms with van der Waals surface area (Å²) in [5, 5.41) is 8.04. The van der Waals surface area contributed by atoms with Crippen molar-refractivity contribution in [3.05, 3.63) is 22.4 Å². The van der Waals surface area contributed by atoms with Crippen LogP contribution in [-0.4, -0.2) is 19.5 Å². The smallest absolute Gasteiger partial charge is 0.220 e. The molecule has 84 valence electrons. The first-order valence-corrected chi connectivity index (χ1v) is 6.09. The van der Waals surface area contributed by atoms with E-state index in [4.69, 9.17) is 0 Å². The van der Waals surface area contributed by atoms with Crippen molar-refractivity contribution < 1.29 is 4.79 Å². The Morgan fingerprint density at radius 2 is 2.40 bits per heavy atom. The summed E-state index contributed by atoms with van der Waals surface area (Å²) in [6, 6.07) is 4.18. The number of hydrogen-bond acceptors (Lipinski definition) is 3. The zero-order valence-corrected chi connectivity index (χ0v) is 10.1. The van der Waals surface area contributed by atoms with Crippen LogP contribution in [0.5, 0.6) is 0 Å². The molecule has 1 amide bonds. The molecular weight excluding hydrogens is 208 g/mol. The summed E-state index contributed by atoms with van der Waals surface area (Å²) in [7, 11) is 1.90. The molecule has 0 fully saturated rings. The van der Waals surface area contributed by atoms with Gasteiger partial charge in [0.2, 0.25) is 5.91 Å². The SMILES string of the molecule is CNCCCC(=O)N[C@@H](C)c1cccs1. The minimum absolute atomic E-state index is 0.131. The van der Waals surface area contributed by atoms with Crippen molar-refractivity contribution in [1.29, 1.82) is 0 Å². The van der Waals surface area contributed by atoms with Gasteiger partial charge in [-0.3, -0.25) is 4.79 Å². The van der Waals surface area contributed by atoms with Gasteiger partial charge in [0.25, 0.3) is 0 Å². The predicted molar refractivity (Wildman–Crippen MR) is 64.0 cm³/mol. The van der Waals surface area contributed by atoms with Crippen LogP contribution in [0.25, 0.3) is 0 Å². The zero-order valence-electron chi connectivity index (χ0n) is 9.25. The van der Waals surface area contributed by atoms with E-state index in [1.54, 1.807) is 11.3 Å². The summed E-state index contributed by atoms with van der Waals surface area (Å²) >= 11 is 1.67. The molecule has 1 atom stereocenters. The Morgan fingerprint density at radius 1 is 1.60 bits per heavy atom. The molecule has 0 unspecified atom stereocenters. The molecule has 0 aliphatic carbocycles. The zero-order chi connectivity index (χ0) is 11.1. The van der Waals surface area contributed by atoms with Crippen LogP contribution in [-0.2, 0) is 4.79 Å². The van der Waals surface area contributed by atoms with Gasteiger partial charge in [-0.15, -0.1) is 11.3 Å². The number of carbonyl (C=O) groups is 1. The summed E-state index contributed by atoms with van der Waals surface area (Å²) in [5.74, 6) is 0.131. The van der Waals surface area contributed by atoms with Gasteiger partial charge in [0.15, 0.2) is 0 Å². The summed E-state index contributed by atoms with van der Waals surface area (Å²) in [4.78, 5) is 12.7. The van der Waals surface area contributed by atoms with E-state index in [0.717, 1.165) is 13.0 Å². The van der Waals surface area contributed by atoms with Gasteiger partial charge < -0.3 is 10.6 Å². The van der Waals surface area contributed by atoms with E-state index in [9.17, 15) is 4.79 Å². The van der Waals surface area contributed by atoms with Gasteiger partial charge in [0.1, 0.15) is 0 Å². The Labute approximate surface area is 94.9 Å². The van der Waals surface area contributed by atoms with Crippen LogP contribution in [0, 0.1) is 0 Å². The number of thiophene rings is 1. The Bertz CT molecular complexity index is 285. The molecule has 4 heteroatoms. The predicted octanol–water partition coefficient (Wildman–Crippen LogP) is 1.92. The molecule has 15 heavy (non-hydrogen) atoms. The maximum atomic E-state index is 11.5. The fraction of sp³-hybridized carbons (Fsp3) is 0.545. The molecule has 1 aromatic rings. The molecule has 0 spiro atoms. The molecule has 0 saturated carbocycles. The van der Waals surface area contributed by atoms with Crippen molar-refractivity contribution in [1.82, 2.24) is 10.6 Å². The van der Waals surface area contributed by atoms with Crippen molar-refractivity contribution in [2.75, 3.05) is 13.6 Å². The summed E-state index contributed by atoms with van der Waals surface area (Å²) < 4.78 is 0. The highest BCUT2D eigenvalue weighted by atomic mass is 32.1. The number of amides is 1. The molecule has 3 nitrogen and oxygen atoms in total. The lowest BCUT2D eigenvalue weighted by Gasteiger charge is -2.11. The van der Waals surface area contributed by atoms with Crippen molar-refractivity contribution in [2.45, 2.75) is 25.8 Å². The van der Waals surface area contributed by atoms with E-state index in [-0.39, 0.29) is 11.9 Å². The lowest BCUT2D eigenvalue weighted by molar-refractivity contribution is -0.121. The second-order valence-electron chi connectivity index (χ2n) is 3.51. The van der Waals surface area contributed by atoms with Gasteiger partial charge in [-0.1, -0.05) is 6.07 Å². The van der Waals surface area contributed by atoms with Crippen molar-refractivity contribution in [2.24, 2.45) is 0 Å². The molecule has 0 radical (unpaired) electrons. The first-order valence-electron chi connectivity index (χ1n) is 5.21. The van der Waals surface area contributed by atoms with Crippen LogP contribution >= 0.6 is 11.3 Å². The molecule has 0 aliphatic rings. The highest BCUT2D eigenvalue weighted by Gasteiger charge is 2.09. The minimum atomic E-state index is 0.131. The molecule has 1 rings (SSSR count). The maximum Gasteiger partial charge on any atom is 0.220 e. The third-order valence-electron chi connectivity index (χ3n) is 2.18. The van der Waals surface area contributed by atoms with Crippen LogP contribution in [0.4, 0.5) is 0 Å². The van der Waals surface area contributed by atoms with Gasteiger partial charge in [-0.2, -0.15) is 0 Å². The number of hydrogen-bond donors (Lipinski definition) is 2. The largest absolute Gasteiger partial charge is 0.349 e. The Balaban J connectivity index is 2.26. The van der Waals surface area contributed by atoms with E-state index >= 15 is 0 Å². The van der Waals surface area contributed by atoms with Crippen LogP contribution in [0.3, 0.4) is 0 Å². The molecule has 2 N–H and O–H groups in total. The quantitative estimate of drug-likeness (QED) is 0.728. The Kier molecular flexibility index (Phi) is 5.36. The second-order valence-corrected chi connectivity index (χ2v) is 4.49. The number of rotatable bonds is 6. The number of carbonyl (C=O) groups excluding carboxylic acids is 1. The average Bonchev–Trinajstić information content (AvgIpc) is 2.70. The van der Waals surface area contributed by atoms with E-state index in [0.29, 0.717) is 6.42 Å². The van der Waals surface area contributed by atoms with Gasteiger partial charge >= 0.3 is 0 Å². The monoisotopic (exact) mass is 226 g/mol. The van der Waals surface area contributed by atoms with Crippen LogP contribution < -0.4 is 10.6 Å². The van der Waals surface area contributed by atoms with Crippen molar-refractivity contribution in [3.8, 4) is 0 Å². The highest BCUT2D eigenvalue weighted by Crippen LogP contribution is 2.17. The van der Waals surface area contributed by atoms with Gasteiger partial charge in [-0.25, -0.2) is 0 Å². The topological polar surface area (TPSA) is 41.1 Å². The van der Waals surface area contributed by atoms with Crippen LogP contribution in [0.15, 0.2) is 17.5 Å². The van der Waals surface area contributed by atoms with E-state index in [1.807, 2.05) is 31.5 Å². The second kappa shape index (κ2) is 6.58. The third kappa shape index (κ3) is 4.44. The van der Waals surface area contributed by atoms with Gasteiger partial charge in [-0.05, 0) is 38.4 Å². The van der Waals surface area contributed by atoms with E-state index in [1.165, 1.54) is 4.88 Å². The molecule has 0 saturated heterocycles. The van der Waals surface area contributed by atoms with Crippen LogP contribution in [0.2, 0.25) is 0 Å². The first-order chi connectivity index (χ1) is 7.24. The average molecular weight is 226 g/mol. The molecule has 0 aromatic carbocycles. The summed E-state index contributed by atoms with van der Waals surface area (Å²) in [6.07, 6.45) is 1.48. The van der Waals surface area contributed by atoms with E-state index < -0.39 is 0 Å². The lowest BCUT2D eigenvalue weighted by Crippen LogP contribution is -2.26. The van der Waals surface area contributed by atoms with Gasteiger partial charge in [0, 0.05) is 11.3 Å². The molecule has 0 bridgehead atoms. The standard InChI is InChI=1S/C11H18N2OS/c1-9(10-5-4-8-15-10)13-11(14)6-3-7-12-2/h4-5,8-9,12H,3,6-7H2,1-2H3,(H,13,14)/t9-/m0/s1. The normalized spacial score (nSPS) is 12.4. The highest BCUT2D eigenvalue weighted by molar-refractivity contribution is 7.10. The fourth-order valence-electron chi connectivity index (χ4n) is 1.35. The maximum absolute atomic E-state index is 11.5. The first kappa shape index (κ1) is 12.2. The lowest BCUT2D eigenvalue weighted by atomic mass is 10.2. The van der Waals surface area contributed by atoms with Crippen LogP contribution in [0.1, 0.15) is 30.7 Å². The third-order valence-corrected chi connectivity index (χ3v) is 3.23. The van der Waals surface area contributed by atoms with Gasteiger partial charge in [0.05, 0.1) is 6.04 Å². The molecule has 0 aliphatic heterocycles. The number of nitrogens with one attached hydrogen (secondary N) is 2. The van der Waals surface area contributed by atoms with Crippen molar-refractivity contribution in [3.63, 3.8) is 0 Å². The summed E-state index contributed by atoms with van der Waals surface area (Å²) in [6.45, 7) is 2.91. The summed E-state index contributed by atoms with van der Waals surface area (Å²) in [5.41, 5.74) is 0. The minimum Gasteiger partial charge on any atom is -0.349 e. The molecule has 1 heterocycles. The Morgan fingerprint density at radius 3 is 3.00 bits per heavy atom.